The molecule has 2 amide bonds. The molecule has 12 heteroatoms. The third-order valence-electron chi connectivity index (χ3n) is 8.14. The third kappa shape index (κ3) is 7.44. The molecule has 6 rings (SSSR count). The Morgan fingerprint density at radius 1 is 0.857 bits per heavy atom. The van der Waals surface area contributed by atoms with Gasteiger partial charge in [-0.1, -0.05) is 59.8 Å². The first kappa shape index (κ1) is 33.3. The van der Waals surface area contributed by atoms with Crippen LogP contribution in [0.15, 0.2) is 107 Å². The summed E-state index contributed by atoms with van der Waals surface area (Å²) in [5.74, 6) is 1.84. The van der Waals surface area contributed by atoms with Gasteiger partial charge in [-0.3, -0.25) is 14.2 Å². The van der Waals surface area contributed by atoms with Crippen molar-refractivity contribution in [3.8, 4) is 22.9 Å². The van der Waals surface area contributed by atoms with Crippen molar-refractivity contribution in [1.82, 2.24) is 25.1 Å². The lowest BCUT2D eigenvalue weighted by atomic mass is 9.97. The second-order valence-electron chi connectivity index (χ2n) is 11.3. The van der Waals surface area contributed by atoms with E-state index in [1.807, 2.05) is 78.2 Å². The summed E-state index contributed by atoms with van der Waals surface area (Å²) in [4.78, 5) is 27.0. The summed E-state index contributed by atoms with van der Waals surface area (Å²) in [5, 5.41) is 18.7. The Hall–Kier alpha value is -5.62. The number of aromatic nitrogens is 3. The molecule has 0 radical (unpaired) electrons. The lowest BCUT2D eigenvalue weighted by molar-refractivity contribution is -0.130. The quantitative estimate of drug-likeness (QED) is 0.160. The first-order valence-corrected chi connectivity index (χ1v) is 16.6. The minimum Gasteiger partial charge on any atom is -0.497 e. The normalized spacial score (nSPS) is 13.9. The number of carbonyl (C=O) groups is 2. The van der Waals surface area contributed by atoms with Crippen LogP contribution >= 0.6 is 11.8 Å². The van der Waals surface area contributed by atoms with E-state index in [2.05, 4.69) is 27.6 Å². The van der Waals surface area contributed by atoms with E-state index in [0.29, 0.717) is 34.5 Å². The van der Waals surface area contributed by atoms with Crippen molar-refractivity contribution in [2.45, 2.75) is 31.1 Å². The second kappa shape index (κ2) is 15.1. The molecule has 2 heterocycles. The molecule has 0 unspecified atom stereocenters. The second-order valence-corrected chi connectivity index (χ2v) is 12.2. The number of amides is 2. The third-order valence-corrected chi connectivity index (χ3v) is 9.06. The van der Waals surface area contributed by atoms with Crippen molar-refractivity contribution in [2.75, 3.05) is 27.1 Å². The van der Waals surface area contributed by atoms with Gasteiger partial charge in [-0.05, 0) is 72.6 Å². The van der Waals surface area contributed by atoms with E-state index in [4.69, 9.17) is 19.3 Å². The van der Waals surface area contributed by atoms with Gasteiger partial charge >= 0.3 is 0 Å². The molecule has 0 spiro atoms. The predicted molar refractivity (Wildman–Crippen MR) is 188 cm³/mol. The van der Waals surface area contributed by atoms with Gasteiger partial charge in [0, 0.05) is 17.7 Å². The van der Waals surface area contributed by atoms with Gasteiger partial charge < -0.3 is 19.5 Å². The fourth-order valence-electron chi connectivity index (χ4n) is 5.52. The lowest BCUT2D eigenvalue weighted by Crippen LogP contribution is -2.28. The molecule has 0 saturated heterocycles. The van der Waals surface area contributed by atoms with Crippen molar-refractivity contribution < 1.29 is 23.8 Å². The van der Waals surface area contributed by atoms with E-state index >= 15 is 0 Å². The molecule has 4 aromatic carbocycles. The molecule has 0 bridgehead atoms. The van der Waals surface area contributed by atoms with Crippen LogP contribution in [-0.4, -0.2) is 64.4 Å². The largest absolute Gasteiger partial charge is 0.497 e. The number of rotatable bonds is 12. The van der Waals surface area contributed by atoms with Crippen LogP contribution in [-0.2, 0) is 11.3 Å². The zero-order chi connectivity index (χ0) is 34.3. The average molecular weight is 677 g/mol. The number of thioether (sulfide) groups is 1. The number of hydrogen-bond acceptors (Lipinski definition) is 9. The van der Waals surface area contributed by atoms with E-state index in [0.717, 1.165) is 33.8 Å². The van der Waals surface area contributed by atoms with Gasteiger partial charge in [0.2, 0.25) is 0 Å². The van der Waals surface area contributed by atoms with Crippen LogP contribution in [0.1, 0.15) is 45.3 Å². The van der Waals surface area contributed by atoms with Crippen LogP contribution in [0.3, 0.4) is 0 Å². The number of hydrazone groups is 1. The Labute approximate surface area is 288 Å². The van der Waals surface area contributed by atoms with E-state index in [1.165, 1.54) is 26.0 Å². The molecule has 49 heavy (non-hydrogen) atoms. The van der Waals surface area contributed by atoms with E-state index in [9.17, 15) is 9.59 Å². The van der Waals surface area contributed by atoms with Crippen LogP contribution in [0.25, 0.3) is 5.69 Å². The Morgan fingerprint density at radius 3 is 2.29 bits per heavy atom. The van der Waals surface area contributed by atoms with Gasteiger partial charge in [0.05, 0.1) is 45.4 Å². The monoisotopic (exact) mass is 676 g/mol. The number of nitrogens with zero attached hydrogens (tertiary/aromatic N) is 5. The topological polar surface area (TPSA) is 120 Å². The zero-order valence-electron chi connectivity index (χ0n) is 27.6. The van der Waals surface area contributed by atoms with Gasteiger partial charge in [0.25, 0.3) is 11.8 Å². The molecular formula is C37H36N6O5S. The molecule has 11 nitrogen and oxygen atoms in total. The maximum Gasteiger partial charge on any atom is 0.253 e. The number of hydrogen-bond donors (Lipinski definition) is 1. The van der Waals surface area contributed by atoms with Crippen molar-refractivity contribution in [3.63, 3.8) is 0 Å². The molecule has 5 aromatic rings. The van der Waals surface area contributed by atoms with E-state index in [1.54, 1.807) is 30.3 Å². The van der Waals surface area contributed by atoms with E-state index < -0.39 is 0 Å². The summed E-state index contributed by atoms with van der Waals surface area (Å²) in [6, 6.07) is 30.2. The maximum atomic E-state index is 13.9. The highest BCUT2D eigenvalue weighted by molar-refractivity contribution is 7.99. The average Bonchev–Trinajstić information content (AvgIpc) is 3.78. The molecule has 1 aliphatic heterocycles. The summed E-state index contributed by atoms with van der Waals surface area (Å²) in [5.41, 5.74) is 5.12. The van der Waals surface area contributed by atoms with Crippen LogP contribution in [0.2, 0.25) is 0 Å². The highest BCUT2D eigenvalue weighted by Gasteiger charge is 2.33. The van der Waals surface area contributed by atoms with Gasteiger partial charge in [-0.25, -0.2) is 5.01 Å². The van der Waals surface area contributed by atoms with Crippen molar-refractivity contribution in [2.24, 2.45) is 5.10 Å². The smallest absolute Gasteiger partial charge is 0.253 e. The Bertz CT molecular complexity index is 1960. The van der Waals surface area contributed by atoms with Crippen LogP contribution < -0.4 is 19.5 Å². The van der Waals surface area contributed by atoms with Gasteiger partial charge in [-0.2, -0.15) is 5.10 Å². The first-order chi connectivity index (χ1) is 23.9. The molecule has 0 saturated carbocycles. The minimum atomic E-state index is -0.311. The molecule has 0 fully saturated rings. The molecule has 1 N–H and O–H groups in total. The SMILES string of the molecule is COc1ccc(C2=NN(C(=O)CSc3nnc(CNC(=O)c4ccc(OC)c(OC)c4)n3-c3ccccc3)[C@H](c3ccc(C)cc3)C2)cc1. The number of benzene rings is 4. The summed E-state index contributed by atoms with van der Waals surface area (Å²) < 4.78 is 17.8. The number of para-hydroxylation sites is 1. The first-order valence-electron chi connectivity index (χ1n) is 15.6. The highest BCUT2D eigenvalue weighted by Crippen LogP contribution is 2.35. The molecular weight excluding hydrogens is 641 g/mol. The standard InChI is InChI=1S/C37H36N6O5S/c1-24-10-12-26(13-11-24)31-21-30(25-14-17-29(46-2)18-15-25)41-43(31)35(44)23-49-37-40-39-34(42(37)28-8-6-5-7-9-28)22-38-36(45)27-16-19-32(47-3)33(20-27)48-4/h5-20,31H,21-23H2,1-4H3,(H,38,45)/t31-/m0/s1. The Morgan fingerprint density at radius 2 is 1.59 bits per heavy atom. The van der Waals surface area contributed by atoms with Crippen molar-refractivity contribution in [1.29, 1.82) is 0 Å². The lowest BCUT2D eigenvalue weighted by Gasteiger charge is -2.22. The number of methoxy groups -OCH3 is 3. The Kier molecular flexibility index (Phi) is 10.2. The maximum absolute atomic E-state index is 13.9. The fourth-order valence-corrected chi connectivity index (χ4v) is 6.35. The summed E-state index contributed by atoms with van der Waals surface area (Å²) in [7, 11) is 4.69. The molecule has 1 aromatic heterocycles. The summed E-state index contributed by atoms with van der Waals surface area (Å²) >= 11 is 1.27. The van der Waals surface area contributed by atoms with Crippen LogP contribution in [0.4, 0.5) is 0 Å². The Balaban J connectivity index is 1.22. The summed E-state index contributed by atoms with van der Waals surface area (Å²) in [6.45, 7) is 2.14. The van der Waals surface area contributed by atoms with Gasteiger partial charge in [0.15, 0.2) is 22.5 Å². The predicted octanol–water partition coefficient (Wildman–Crippen LogP) is 6.00. The minimum absolute atomic E-state index is 0.0741. The van der Waals surface area contributed by atoms with Gasteiger partial charge in [-0.15, -0.1) is 10.2 Å². The number of nitrogens with one attached hydrogen (secondary N) is 1. The molecule has 1 atom stereocenters. The number of ether oxygens (including phenoxy) is 3. The molecule has 1 aliphatic rings. The summed E-state index contributed by atoms with van der Waals surface area (Å²) in [6.07, 6.45) is 0.579. The highest BCUT2D eigenvalue weighted by atomic mass is 32.2. The van der Waals surface area contributed by atoms with Crippen molar-refractivity contribution >= 4 is 29.3 Å². The van der Waals surface area contributed by atoms with Crippen LogP contribution in [0, 0.1) is 6.92 Å². The zero-order valence-corrected chi connectivity index (χ0v) is 28.4. The van der Waals surface area contributed by atoms with Gasteiger partial charge in [0.1, 0.15) is 5.75 Å². The molecule has 250 valence electrons. The number of aryl methyl sites for hydroxylation is 1. The molecule has 0 aliphatic carbocycles. The fraction of sp³-hybridized carbons (Fsp3) is 0.216. The van der Waals surface area contributed by atoms with Crippen LogP contribution in [0.5, 0.6) is 17.2 Å². The number of carbonyl (C=O) groups excluding carboxylic acids is 2. The van der Waals surface area contributed by atoms with Crippen molar-refractivity contribution in [3.05, 3.63) is 125 Å². The van der Waals surface area contributed by atoms with E-state index in [-0.39, 0.29) is 30.2 Å².